The van der Waals surface area contributed by atoms with Crippen LogP contribution in [0.1, 0.15) is 37.9 Å². The number of esters is 1. The molecule has 3 heterocycles. The van der Waals surface area contributed by atoms with Crippen LogP contribution in [0.25, 0.3) is 10.9 Å². The summed E-state index contributed by atoms with van der Waals surface area (Å²) in [4.78, 5) is 19.7. The van der Waals surface area contributed by atoms with Crippen LogP contribution in [0.4, 0.5) is 0 Å². The molecule has 1 fully saturated rings. The molecule has 2 aliphatic rings. The molecule has 6 heteroatoms. The third-order valence-electron chi connectivity index (χ3n) is 7.58. The third-order valence-corrected chi connectivity index (χ3v) is 7.58. The molecular weight excluding hydrogens is 378 g/mol. The first-order valence-electron chi connectivity index (χ1n) is 11.1. The Hall–Kier alpha value is -2.05. The molecule has 6 nitrogen and oxygen atoms in total. The topological polar surface area (TPSA) is 66.6 Å². The number of aromatic nitrogens is 1. The molecule has 1 aromatic heterocycles. The van der Waals surface area contributed by atoms with Crippen molar-refractivity contribution in [2.45, 2.75) is 44.6 Å². The average molecular weight is 414 g/mol. The second-order valence-corrected chi connectivity index (χ2v) is 9.10. The summed E-state index contributed by atoms with van der Waals surface area (Å²) in [6.45, 7) is 7.40. The zero-order valence-electron chi connectivity index (χ0n) is 18.9. The standard InChI is InChI=1S/C24H35N3O3/c1-15(8-10-25-3)12-17-14-27-11-9-19-20-13-18(29-4)6-7-21(20)26-22(19)24(17,16(27)2)23(28)30-5/h6-7,13,15-17,25-26H,8-12,14H2,1-5H3/t15-,16?,17+,24?/m0/s1. The minimum absolute atomic E-state index is 0.0997. The molecule has 2 bridgehead atoms. The smallest absolute Gasteiger partial charge is 0.319 e. The van der Waals surface area contributed by atoms with E-state index >= 15 is 0 Å². The van der Waals surface area contributed by atoms with Gasteiger partial charge in [0.05, 0.1) is 14.2 Å². The maximum atomic E-state index is 13.6. The largest absolute Gasteiger partial charge is 0.497 e. The Kier molecular flexibility index (Phi) is 5.82. The fourth-order valence-corrected chi connectivity index (χ4v) is 6.00. The lowest BCUT2D eigenvalue weighted by Crippen LogP contribution is -2.50. The van der Waals surface area contributed by atoms with Crippen molar-refractivity contribution in [2.24, 2.45) is 11.8 Å². The number of fused-ring (bicyclic) bond motifs is 6. The van der Waals surface area contributed by atoms with E-state index in [9.17, 15) is 4.79 Å². The molecule has 4 rings (SSSR count). The summed E-state index contributed by atoms with van der Waals surface area (Å²) >= 11 is 0. The van der Waals surface area contributed by atoms with Gasteiger partial charge in [-0.15, -0.1) is 0 Å². The number of benzene rings is 1. The zero-order chi connectivity index (χ0) is 21.5. The van der Waals surface area contributed by atoms with Crippen LogP contribution in [0.15, 0.2) is 18.2 Å². The molecule has 0 amide bonds. The number of nitrogens with zero attached hydrogens (tertiary/aromatic N) is 1. The predicted octanol–water partition coefficient (Wildman–Crippen LogP) is 3.10. The first-order valence-corrected chi connectivity index (χ1v) is 11.1. The van der Waals surface area contributed by atoms with E-state index in [1.807, 2.05) is 13.1 Å². The fourth-order valence-electron chi connectivity index (χ4n) is 6.00. The SMILES string of the molecule is CNCC[C@H](C)C[C@@H]1CN2CCc3c([nH]c4ccc(OC)cc34)C1(C(=O)OC)C2C. The van der Waals surface area contributed by atoms with Crippen LogP contribution >= 0.6 is 0 Å². The van der Waals surface area contributed by atoms with Crippen molar-refractivity contribution < 1.29 is 14.3 Å². The minimum atomic E-state index is -0.666. The molecule has 1 saturated heterocycles. The van der Waals surface area contributed by atoms with Crippen molar-refractivity contribution >= 4 is 16.9 Å². The van der Waals surface area contributed by atoms with Crippen LogP contribution in [0, 0.1) is 11.8 Å². The first kappa shape index (κ1) is 21.2. The monoisotopic (exact) mass is 413 g/mol. The van der Waals surface area contributed by atoms with Gasteiger partial charge in [0.15, 0.2) is 0 Å². The van der Waals surface area contributed by atoms with Crippen molar-refractivity contribution in [3.05, 3.63) is 29.5 Å². The summed E-state index contributed by atoms with van der Waals surface area (Å²) in [7, 11) is 5.22. The van der Waals surface area contributed by atoms with Gasteiger partial charge in [-0.1, -0.05) is 6.92 Å². The highest BCUT2D eigenvalue weighted by Gasteiger charge is 2.61. The highest BCUT2D eigenvalue weighted by molar-refractivity contribution is 5.92. The van der Waals surface area contributed by atoms with E-state index in [0.29, 0.717) is 5.92 Å². The van der Waals surface area contributed by atoms with Crippen LogP contribution < -0.4 is 10.1 Å². The van der Waals surface area contributed by atoms with Crippen LogP contribution in [0.2, 0.25) is 0 Å². The number of ether oxygens (including phenoxy) is 2. The van der Waals surface area contributed by atoms with Gasteiger partial charge in [0, 0.05) is 35.7 Å². The highest BCUT2D eigenvalue weighted by Crippen LogP contribution is 2.51. The molecule has 2 aromatic rings. The van der Waals surface area contributed by atoms with Crippen LogP contribution in [0.5, 0.6) is 5.75 Å². The Morgan fingerprint density at radius 3 is 2.90 bits per heavy atom. The Labute approximate surface area is 179 Å². The van der Waals surface area contributed by atoms with Gasteiger partial charge < -0.3 is 19.8 Å². The number of H-pyrrole nitrogens is 1. The van der Waals surface area contributed by atoms with E-state index < -0.39 is 5.41 Å². The maximum Gasteiger partial charge on any atom is 0.319 e. The molecule has 5 atom stereocenters. The number of carbonyl (C=O) groups excluding carboxylic acids is 1. The summed E-state index contributed by atoms with van der Waals surface area (Å²) in [6, 6.07) is 6.24. The van der Waals surface area contributed by atoms with E-state index in [-0.39, 0.29) is 17.9 Å². The predicted molar refractivity (Wildman–Crippen MR) is 119 cm³/mol. The molecule has 30 heavy (non-hydrogen) atoms. The van der Waals surface area contributed by atoms with Crippen molar-refractivity contribution in [3.8, 4) is 5.75 Å². The number of rotatable bonds is 7. The first-order chi connectivity index (χ1) is 14.5. The van der Waals surface area contributed by atoms with Gasteiger partial charge in [0.2, 0.25) is 0 Å². The molecule has 0 radical (unpaired) electrons. The van der Waals surface area contributed by atoms with E-state index in [4.69, 9.17) is 9.47 Å². The quantitative estimate of drug-likeness (QED) is 0.683. The zero-order valence-corrected chi connectivity index (χ0v) is 18.9. The molecule has 3 unspecified atom stereocenters. The van der Waals surface area contributed by atoms with Crippen LogP contribution in [-0.4, -0.2) is 62.8 Å². The Bertz CT molecular complexity index is 924. The summed E-state index contributed by atoms with van der Waals surface area (Å²) in [5.41, 5.74) is 2.71. The second kappa shape index (κ2) is 8.23. The van der Waals surface area contributed by atoms with Crippen molar-refractivity contribution in [1.82, 2.24) is 15.2 Å². The normalized spacial score (nSPS) is 28.8. The van der Waals surface area contributed by atoms with Crippen molar-refractivity contribution in [3.63, 3.8) is 0 Å². The minimum Gasteiger partial charge on any atom is -0.497 e. The Balaban J connectivity index is 1.86. The Morgan fingerprint density at radius 1 is 1.40 bits per heavy atom. The molecule has 2 aliphatic heterocycles. The number of hydrogen-bond donors (Lipinski definition) is 2. The third kappa shape index (κ3) is 3.12. The van der Waals surface area contributed by atoms with E-state index in [0.717, 1.165) is 61.2 Å². The molecular formula is C24H35N3O3. The summed E-state index contributed by atoms with van der Waals surface area (Å²) in [6.07, 6.45) is 3.04. The summed E-state index contributed by atoms with van der Waals surface area (Å²) in [5.74, 6) is 1.49. The lowest BCUT2D eigenvalue weighted by Gasteiger charge is -2.36. The van der Waals surface area contributed by atoms with Crippen molar-refractivity contribution in [1.29, 1.82) is 0 Å². The van der Waals surface area contributed by atoms with Crippen molar-refractivity contribution in [2.75, 3.05) is 40.9 Å². The number of methoxy groups -OCH3 is 2. The molecule has 2 N–H and O–H groups in total. The molecule has 0 aliphatic carbocycles. The average Bonchev–Trinajstić information content (AvgIpc) is 3.19. The summed E-state index contributed by atoms with van der Waals surface area (Å²) in [5, 5.41) is 4.42. The summed E-state index contributed by atoms with van der Waals surface area (Å²) < 4.78 is 11.0. The van der Waals surface area contributed by atoms with Gasteiger partial charge in [-0.3, -0.25) is 9.69 Å². The van der Waals surface area contributed by atoms with E-state index in [1.54, 1.807) is 7.11 Å². The molecule has 164 valence electrons. The highest BCUT2D eigenvalue weighted by atomic mass is 16.5. The lowest BCUT2D eigenvalue weighted by molar-refractivity contribution is -0.150. The fraction of sp³-hybridized carbons (Fsp3) is 0.625. The van der Waals surface area contributed by atoms with Gasteiger partial charge in [0.25, 0.3) is 0 Å². The Morgan fingerprint density at radius 2 is 2.20 bits per heavy atom. The molecule has 1 aromatic carbocycles. The van der Waals surface area contributed by atoms with E-state index in [2.05, 4.69) is 41.2 Å². The van der Waals surface area contributed by atoms with Gasteiger partial charge in [-0.2, -0.15) is 0 Å². The lowest BCUT2D eigenvalue weighted by atomic mass is 9.67. The van der Waals surface area contributed by atoms with Gasteiger partial charge >= 0.3 is 5.97 Å². The molecule has 0 saturated carbocycles. The van der Waals surface area contributed by atoms with Crippen LogP contribution in [0.3, 0.4) is 0 Å². The number of aromatic amines is 1. The molecule has 0 spiro atoms. The van der Waals surface area contributed by atoms with Gasteiger partial charge in [0.1, 0.15) is 11.2 Å². The number of carbonyl (C=O) groups is 1. The number of hydrogen-bond acceptors (Lipinski definition) is 5. The van der Waals surface area contributed by atoms with Gasteiger partial charge in [-0.05, 0) is 75.4 Å². The van der Waals surface area contributed by atoms with Gasteiger partial charge in [-0.25, -0.2) is 0 Å². The van der Waals surface area contributed by atoms with Crippen LogP contribution in [-0.2, 0) is 21.4 Å². The number of nitrogens with one attached hydrogen (secondary N) is 2. The second-order valence-electron chi connectivity index (χ2n) is 9.10. The maximum absolute atomic E-state index is 13.6. The van der Waals surface area contributed by atoms with E-state index in [1.165, 1.54) is 12.7 Å².